The van der Waals surface area contributed by atoms with Crippen molar-refractivity contribution < 1.29 is 4.74 Å². The third-order valence-corrected chi connectivity index (χ3v) is 2.82. The fraction of sp³-hybridized carbons (Fsp3) is 0.833. The lowest BCUT2D eigenvalue weighted by Crippen LogP contribution is -2.33. The summed E-state index contributed by atoms with van der Waals surface area (Å²) >= 11 is 0. The number of nitrogens with zero attached hydrogens (tertiary/aromatic N) is 1. The Balaban J connectivity index is 2.74. The van der Waals surface area contributed by atoms with E-state index in [1.807, 2.05) is 0 Å². The van der Waals surface area contributed by atoms with Gasteiger partial charge in [0, 0.05) is 24.2 Å². The zero-order valence-corrected chi connectivity index (χ0v) is 10.2. The van der Waals surface area contributed by atoms with Crippen LogP contribution in [0.3, 0.4) is 0 Å². The predicted molar refractivity (Wildman–Crippen MR) is 60.2 cm³/mol. The highest BCUT2D eigenvalue weighted by Crippen LogP contribution is 2.23. The quantitative estimate of drug-likeness (QED) is 0.641. The molecule has 0 bridgehead atoms. The molecule has 1 saturated heterocycles. The molecule has 0 aliphatic carbocycles. The molecule has 0 aromatic heterocycles. The van der Waals surface area contributed by atoms with Crippen LogP contribution < -0.4 is 0 Å². The van der Waals surface area contributed by atoms with Crippen LogP contribution in [0.5, 0.6) is 0 Å². The molecule has 14 heavy (non-hydrogen) atoms. The molecule has 0 N–H and O–H groups in total. The summed E-state index contributed by atoms with van der Waals surface area (Å²) in [6.45, 7) is 14.9. The molecule has 1 rings (SSSR count). The molecule has 0 spiro atoms. The lowest BCUT2D eigenvalue weighted by molar-refractivity contribution is 0.0889. The minimum Gasteiger partial charge on any atom is -0.379 e. The molecular weight excluding hydrogens is 174 g/mol. The van der Waals surface area contributed by atoms with Crippen molar-refractivity contribution >= 4 is 0 Å². The molecular formula is C12H23NO. The van der Waals surface area contributed by atoms with Gasteiger partial charge in [0.15, 0.2) is 0 Å². The van der Waals surface area contributed by atoms with E-state index in [2.05, 4.69) is 39.5 Å². The summed E-state index contributed by atoms with van der Waals surface area (Å²) < 4.78 is 5.61. The zero-order chi connectivity index (χ0) is 10.8. The monoisotopic (exact) mass is 197 g/mol. The second-order valence-corrected chi connectivity index (χ2v) is 5.22. The van der Waals surface area contributed by atoms with Crippen molar-refractivity contribution in [3.8, 4) is 0 Å². The van der Waals surface area contributed by atoms with Crippen molar-refractivity contribution in [1.29, 1.82) is 0 Å². The Hall–Kier alpha value is -0.500. The zero-order valence-electron chi connectivity index (χ0n) is 10.2. The molecule has 2 nitrogen and oxygen atoms in total. The highest BCUT2D eigenvalue weighted by Gasteiger charge is 2.25. The van der Waals surface area contributed by atoms with Crippen molar-refractivity contribution in [2.45, 2.75) is 34.6 Å². The average molecular weight is 197 g/mol. The van der Waals surface area contributed by atoms with Gasteiger partial charge >= 0.3 is 0 Å². The maximum absolute atomic E-state index is 5.61. The van der Waals surface area contributed by atoms with E-state index in [1.165, 1.54) is 11.3 Å². The molecule has 2 heteroatoms. The van der Waals surface area contributed by atoms with Crippen LogP contribution >= 0.6 is 0 Å². The summed E-state index contributed by atoms with van der Waals surface area (Å²) in [7, 11) is 0. The van der Waals surface area contributed by atoms with Crippen molar-refractivity contribution in [1.82, 2.24) is 4.90 Å². The lowest BCUT2D eigenvalue weighted by atomic mass is 9.94. The van der Waals surface area contributed by atoms with Crippen molar-refractivity contribution in [3.63, 3.8) is 0 Å². The Kier molecular flexibility index (Phi) is 3.59. The Bertz CT molecular complexity index is 226. The molecule has 1 fully saturated rings. The normalized spacial score (nSPS) is 21.6. The first-order chi connectivity index (χ1) is 6.42. The van der Waals surface area contributed by atoms with E-state index in [0.29, 0.717) is 0 Å². The van der Waals surface area contributed by atoms with Crippen molar-refractivity contribution in [2.24, 2.45) is 5.41 Å². The van der Waals surface area contributed by atoms with Crippen molar-refractivity contribution in [2.75, 3.05) is 26.3 Å². The summed E-state index contributed by atoms with van der Waals surface area (Å²) in [6, 6.07) is 0. The van der Waals surface area contributed by atoms with Gasteiger partial charge in [-0.15, -0.1) is 0 Å². The van der Waals surface area contributed by atoms with Crippen LogP contribution in [0.15, 0.2) is 11.3 Å². The van der Waals surface area contributed by atoms with Crippen LogP contribution in [0.25, 0.3) is 0 Å². The summed E-state index contributed by atoms with van der Waals surface area (Å²) in [6.07, 6.45) is 0. The average Bonchev–Trinajstić information content (AvgIpc) is 2.24. The number of allylic oxidation sites excluding steroid dienone is 2. The van der Waals surface area contributed by atoms with Gasteiger partial charge in [0.1, 0.15) is 0 Å². The van der Waals surface area contributed by atoms with Crippen LogP contribution in [-0.2, 0) is 4.74 Å². The van der Waals surface area contributed by atoms with Gasteiger partial charge in [0.05, 0.1) is 13.2 Å². The standard InChI is InChI=1S/C12H23NO/c1-10(2)11(3)13-6-7-14-9-12(4,5)8-13/h6-9H2,1-5H3. The van der Waals surface area contributed by atoms with Gasteiger partial charge in [-0.25, -0.2) is 0 Å². The van der Waals surface area contributed by atoms with Crippen LogP contribution in [-0.4, -0.2) is 31.2 Å². The van der Waals surface area contributed by atoms with Gasteiger partial charge in [0.25, 0.3) is 0 Å². The van der Waals surface area contributed by atoms with Gasteiger partial charge in [-0.3, -0.25) is 0 Å². The minimum atomic E-state index is 0.271. The Morgan fingerprint density at radius 3 is 2.43 bits per heavy atom. The summed E-state index contributed by atoms with van der Waals surface area (Å²) in [4.78, 5) is 2.45. The molecule has 1 heterocycles. The van der Waals surface area contributed by atoms with E-state index in [-0.39, 0.29) is 5.41 Å². The molecule has 1 aliphatic rings. The Labute approximate surface area is 87.9 Å². The van der Waals surface area contributed by atoms with Crippen molar-refractivity contribution in [3.05, 3.63) is 11.3 Å². The summed E-state index contributed by atoms with van der Waals surface area (Å²) in [5.74, 6) is 0. The Morgan fingerprint density at radius 1 is 1.21 bits per heavy atom. The maximum Gasteiger partial charge on any atom is 0.0641 e. The van der Waals surface area contributed by atoms with Gasteiger partial charge < -0.3 is 9.64 Å². The maximum atomic E-state index is 5.61. The molecule has 0 atom stereocenters. The second kappa shape index (κ2) is 4.35. The van der Waals surface area contributed by atoms with E-state index in [9.17, 15) is 0 Å². The first-order valence-corrected chi connectivity index (χ1v) is 5.39. The Morgan fingerprint density at radius 2 is 1.86 bits per heavy atom. The lowest BCUT2D eigenvalue weighted by Gasteiger charge is -2.31. The molecule has 0 amide bonds. The minimum absolute atomic E-state index is 0.271. The van der Waals surface area contributed by atoms with Crippen LogP contribution in [0.4, 0.5) is 0 Å². The molecule has 0 saturated carbocycles. The number of ether oxygens (including phenoxy) is 1. The highest BCUT2D eigenvalue weighted by atomic mass is 16.5. The molecule has 0 aromatic rings. The smallest absolute Gasteiger partial charge is 0.0641 e. The fourth-order valence-corrected chi connectivity index (χ4v) is 1.77. The largest absolute Gasteiger partial charge is 0.379 e. The van der Waals surface area contributed by atoms with E-state index >= 15 is 0 Å². The third-order valence-electron chi connectivity index (χ3n) is 2.82. The third kappa shape index (κ3) is 3.02. The number of rotatable bonds is 1. The van der Waals surface area contributed by atoms with Gasteiger partial charge in [-0.1, -0.05) is 19.4 Å². The molecule has 0 aromatic carbocycles. The first-order valence-electron chi connectivity index (χ1n) is 5.39. The van der Waals surface area contributed by atoms with Gasteiger partial charge in [-0.2, -0.15) is 0 Å². The van der Waals surface area contributed by atoms with Crippen LogP contribution in [0.1, 0.15) is 34.6 Å². The number of hydrogen-bond donors (Lipinski definition) is 0. The van der Waals surface area contributed by atoms with Crippen LogP contribution in [0, 0.1) is 5.41 Å². The predicted octanol–water partition coefficient (Wildman–Crippen LogP) is 2.66. The van der Waals surface area contributed by atoms with Gasteiger partial charge in [-0.05, 0) is 20.8 Å². The van der Waals surface area contributed by atoms with E-state index in [0.717, 1.165) is 26.3 Å². The molecule has 1 aliphatic heterocycles. The summed E-state index contributed by atoms with van der Waals surface area (Å²) in [5.41, 5.74) is 3.08. The second-order valence-electron chi connectivity index (χ2n) is 5.22. The summed E-state index contributed by atoms with van der Waals surface area (Å²) in [5, 5.41) is 0. The molecule has 0 radical (unpaired) electrons. The molecule has 82 valence electrons. The van der Waals surface area contributed by atoms with E-state index in [1.54, 1.807) is 0 Å². The van der Waals surface area contributed by atoms with E-state index in [4.69, 9.17) is 4.74 Å². The topological polar surface area (TPSA) is 12.5 Å². The number of hydrogen-bond acceptors (Lipinski definition) is 2. The first kappa shape index (κ1) is 11.6. The fourth-order valence-electron chi connectivity index (χ4n) is 1.77. The van der Waals surface area contributed by atoms with Crippen LogP contribution in [0.2, 0.25) is 0 Å². The SMILES string of the molecule is CC(C)=C(C)N1CCOCC(C)(C)C1. The highest BCUT2D eigenvalue weighted by molar-refractivity contribution is 5.07. The molecule has 0 unspecified atom stereocenters. The van der Waals surface area contributed by atoms with Gasteiger partial charge in [0.2, 0.25) is 0 Å². The van der Waals surface area contributed by atoms with E-state index < -0.39 is 0 Å².